The standard InChI is InChI=1S/C17H25Br2NO/c1-2-9-20-12-13-10-15(18)17(16(19)11-13)21-14-7-5-3-4-6-8-14/h10-11,14,20H,2-9,12H2,1H3. The van der Waals surface area contributed by atoms with Gasteiger partial charge in [-0.05, 0) is 88.2 Å². The molecule has 1 saturated carbocycles. The van der Waals surface area contributed by atoms with Crippen LogP contribution in [0.25, 0.3) is 0 Å². The van der Waals surface area contributed by atoms with Gasteiger partial charge in [0.25, 0.3) is 0 Å². The highest BCUT2D eigenvalue weighted by molar-refractivity contribution is 9.11. The first kappa shape index (κ1) is 17.3. The highest BCUT2D eigenvalue weighted by Gasteiger charge is 2.17. The van der Waals surface area contributed by atoms with E-state index in [2.05, 4.69) is 56.2 Å². The zero-order chi connectivity index (χ0) is 15.1. The molecule has 2 rings (SSSR count). The van der Waals surface area contributed by atoms with Gasteiger partial charge in [-0.1, -0.05) is 19.8 Å². The number of hydrogen-bond donors (Lipinski definition) is 1. The van der Waals surface area contributed by atoms with Gasteiger partial charge in [-0.3, -0.25) is 0 Å². The second kappa shape index (κ2) is 9.16. The molecular formula is C17H25Br2NO. The zero-order valence-electron chi connectivity index (χ0n) is 12.8. The van der Waals surface area contributed by atoms with Crippen LogP contribution < -0.4 is 10.1 Å². The quantitative estimate of drug-likeness (QED) is 0.464. The van der Waals surface area contributed by atoms with E-state index in [1.165, 1.54) is 44.1 Å². The number of hydrogen-bond acceptors (Lipinski definition) is 2. The molecule has 4 heteroatoms. The van der Waals surface area contributed by atoms with Crippen molar-refractivity contribution in [2.45, 2.75) is 64.5 Å². The Bertz CT molecular complexity index is 419. The zero-order valence-corrected chi connectivity index (χ0v) is 15.9. The minimum absolute atomic E-state index is 0.365. The monoisotopic (exact) mass is 417 g/mol. The Balaban J connectivity index is 2.02. The number of benzene rings is 1. The molecule has 0 unspecified atom stereocenters. The summed E-state index contributed by atoms with van der Waals surface area (Å²) in [7, 11) is 0. The SMILES string of the molecule is CCCNCc1cc(Br)c(OC2CCCCCC2)c(Br)c1. The first-order chi connectivity index (χ1) is 10.2. The van der Waals surface area contributed by atoms with Crippen LogP contribution in [0.15, 0.2) is 21.1 Å². The van der Waals surface area contributed by atoms with E-state index >= 15 is 0 Å². The molecule has 0 radical (unpaired) electrons. The number of nitrogens with one attached hydrogen (secondary N) is 1. The maximum Gasteiger partial charge on any atom is 0.148 e. The van der Waals surface area contributed by atoms with Crippen molar-refractivity contribution < 1.29 is 4.74 Å². The van der Waals surface area contributed by atoms with Crippen LogP contribution in [-0.4, -0.2) is 12.6 Å². The summed E-state index contributed by atoms with van der Waals surface area (Å²) in [6.45, 7) is 4.13. The molecule has 1 aliphatic rings. The molecule has 0 aromatic heterocycles. The summed E-state index contributed by atoms with van der Waals surface area (Å²) >= 11 is 7.34. The predicted molar refractivity (Wildman–Crippen MR) is 96.0 cm³/mol. The highest BCUT2D eigenvalue weighted by Crippen LogP contribution is 2.37. The fraction of sp³-hybridized carbons (Fsp3) is 0.647. The van der Waals surface area contributed by atoms with Gasteiger partial charge < -0.3 is 10.1 Å². The van der Waals surface area contributed by atoms with Crippen LogP contribution in [0.2, 0.25) is 0 Å². The summed E-state index contributed by atoms with van der Waals surface area (Å²) < 4.78 is 8.36. The minimum atomic E-state index is 0.365. The third-order valence-corrected chi connectivity index (χ3v) is 5.08. The molecule has 21 heavy (non-hydrogen) atoms. The van der Waals surface area contributed by atoms with Crippen LogP contribution in [0.5, 0.6) is 5.75 Å². The van der Waals surface area contributed by atoms with Gasteiger partial charge in [0, 0.05) is 6.54 Å². The Labute approximate surface area is 145 Å². The van der Waals surface area contributed by atoms with Crippen LogP contribution in [0.3, 0.4) is 0 Å². The summed E-state index contributed by atoms with van der Waals surface area (Å²) in [5, 5.41) is 3.43. The molecule has 0 atom stereocenters. The highest BCUT2D eigenvalue weighted by atomic mass is 79.9. The van der Waals surface area contributed by atoms with Gasteiger partial charge in [0.2, 0.25) is 0 Å². The maximum absolute atomic E-state index is 6.26. The molecule has 1 N–H and O–H groups in total. The first-order valence-electron chi connectivity index (χ1n) is 8.06. The molecule has 2 nitrogen and oxygen atoms in total. The van der Waals surface area contributed by atoms with E-state index in [0.29, 0.717) is 6.10 Å². The Hall–Kier alpha value is -0.0600. The minimum Gasteiger partial charge on any atom is -0.488 e. The number of ether oxygens (including phenoxy) is 1. The van der Waals surface area contributed by atoms with Gasteiger partial charge in [-0.25, -0.2) is 0 Å². The van der Waals surface area contributed by atoms with E-state index in [-0.39, 0.29) is 0 Å². The van der Waals surface area contributed by atoms with Crippen molar-refractivity contribution in [1.82, 2.24) is 5.32 Å². The van der Waals surface area contributed by atoms with Gasteiger partial charge in [-0.15, -0.1) is 0 Å². The Morgan fingerprint density at radius 3 is 2.29 bits per heavy atom. The molecule has 1 fully saturated rings. The van der Waals surface area contributed by atoms with E-state index in [1.54, 1.807) is 0 Å². The molecular weight excluding hydrogens is 394 g/mol. The topological polar surface area (TPSA) is 21.3 Å². The van der Waals surface area contributed by atoms with E-state index in [0.717, 1.165) is 34.2 Å². The molecule has 0 aliphatic heterocycles. The van der Waals surface area contributed by atoms with Crippen LogP contribution >= 0.6 is 31.9 Å². The fourth-order valence-corrected chi connectivity index (χ4v) is 4.23. The first-order valence-corrected chi connectivity index (χ1v) is 9.64. The van der Waals surface area contributed by atoms with Crippen LogP contribution in [0.4, 0.5) is 0 Å². The lowest BCUT2D eigenvalue weighted by Gasteiger charge is -2.20. The van der Waals surface area contributed by atoms with E-state index in [4.69, 9.17) is 4.74 Å². The average molecular weight is 419 g/mol. The lowest BCUT2D eigenvalue weighted by Crippen LogP contribution is -2.16. The van der Waals surface area contributed by atoms with Gasteiger partial charge in [0.15, 0.2) is 0 Å². The van der Waals surface area contributed by atoms with Crippen molar-refractivity contribution in [3.63, 3.8) is 0 Å². The smallest absolute Gasteiger partial charge is 0.148 e. The van der Waals surface area contributed by atoms with Crippen molar-refractivity contribution in [3.8, 4) is 5.75 Å². The van der Waals surface area contributed by atoms with Gasteiger partial charge in [0.1, 0.15) is 5.75 Å². The van der Waals surface area contributed by atoms with Gasteiger partial charge >= 0.3 is 0 Å². The van der Waals surface area contributed by atoms with E-state index < -0.39 is 0 Å². The Kier molecular flexibility index (Phi) is 7.55. The lowest BCUT2D eigenvalue weighted by molar-refractivity contribution is 0.181. The molecule has 0 heterocycles. The Morgan fingerprint density at radius 2 is 1.71 bits per heavy atom. The van der Waals surface area contributed by atoms with Gasteiger partial charge in [-0.2, -0.15) is 0 Å². The Morgan fingerprint density at radius 1 is 1.10 bits per heavy atom. The van der Waals surface area contributed by atoms with Crippen LogP contribution in [-0.2, 0) is 6.54 Å². The third-order valence-electron chi connectivity index (χ3n) is 3.90. The summed E-state index contributed by atoms with van der Waals surface area (Å²) in [6, 6.07) is 4.33. The van der Waals surface area contributed by atoms with Crippen molar-refractivity contribution >= 4 is 31.9 Å². The molecule has 0 bridgehead atoms. The summed E-state index contributed by atoms with van der Waals surface area (Å²) in [4.78, 5) is 0. The third kappa shape index (κ3) is 5.57. The molecule has 0 saturated heterocycles. The van der Waals surface area contributed by atoms with Crippen molar-refractivity contribution in [1.29, 1.82) is 0 Å². The lowest BCUT2D eigenvalue weighted by atomic mass is 10.1. The largest absolute Gasteiger partial charge is 0.488 e. The van der Waals surface area contributed by atoms with E-state index in [9.17, 15) is 0 Å². The molecule has 0 amide bonds. The summed E-state index contributed by atoms with van der Waals surface area (Å²) in [6.07, 6.45) is 9.17. The van der Waals surface area contributed by atoms with Crippen molar-refractivity contribution in [3.05, 3.63) is 26.6 Å². The number of halogens is 2. The van der Waals surface area contributed by atoms with E-state index in [1.807, 2.05) is 0 Å². The number of rotatable bonds is 6. The molecule has 0 spiro atoms. The van der Waals surface area contributed by atoms with Crippen molar-refractivity contribution in [2.75, 3.05) is 6.54 Å². The molecule has 1 aliphatic carbocycles. The summed E-state index contributed by atoms with van der Waals surface area (Å²) in [5.41, 5.74) is 1.27. The van der Waals surface area contributed by atoms with Crippen LogP contribution in [0.1, 0.15) is 57.4 Å². The second-order valence-corrected chi connectivity index (χ2v) is 7.51. The molecule has 1 aromatic carbocycles. The van der Waals surface area contributed by atoms with Gasteiger partial charge in [0.05, 0.1) is 15.0 Å². The second-order valence-electron chi connectivity index (χ2n) is 5.80. The fourth-order valence-electron chi connectivity index (χ4n) is 2.76. The van der Waals surface area contributed by atoms with Crippen LogP contribution in [0, 0.1) is 0 Å². The summed E-state index contributed by atoms with van der Waals surface area (Å²) in [5.74, 6) is 0.959. The maximum atomic E-state index is 6.26. The predicted octanol–water partition coefficient (Wildman–Crippen LogP) is 5.81. The molecule has 118 valence electrons. The average Bonchev–Trinajstić information content (AvgIpc) is 2.72. The van der Waals surface area contributed by atoms with Crippen molar-refractivity contribution in [2.24, 2.45) is 0 Å². The normalized spacial score (nSPS) is 16.7. The molecule has 1 aromatic rings.